The first-order chi connectivity index (χ1) is 7.63. The molecule has 0 aliphatic rings. The number of hydrogen-bond donors (Lipinski definition) is 1. The van der Waals surface area contributed by atoms with Crippen LogP contribution >= 0.6 is 11.6 Å². The number of aromatic nitrogens is 1. The average molecular weight is 241 g/mol. The molecule has 1 atom stereocenters. The van der Waals surface area contributed by atoms with Crippen molar-refractivity contribution >= 4 is 11.6 Å². The summed E-state index contributed by atoms with van der Waals surface area (Å²) in [6.07, 6.45) is 3.97. The molecule has 1 rings (SSSR count). The Morgan fingerprint density at radius 2 is 2.12 bits per heavy atom. The van der Waals surface area contributed by atoms with Crippen LogP contribution in [0.15, 0.2) is 18.3 Å². The van der Waals surface area contributed by atoms with Crippen molar-refractivity contribution in [1.29, 1.82) is 0 Å². The highest BCUT2D eigenvalue weighted by Crippen LogP contribution is 2.20. The topological polar surface area (TPSA) is 24.9 Å². The van der Waals surface area contributed by atoms with Gasteiger partial charge in [-0.2, -0.15) is 0 Å². The number of nitrogens with zero attached hydrogens (tertiary/aromatic N) is 1. The van der Waals surface area contributed by atoms with Gasteiger partial charge in [-0.3, -0.25) is 4.98 Å². The predicted molar refractivity (Wildman–Crippen MR) is 69.7 cm³/mol. The Labute approximate surface area is 103 Å². The Morgan fingerprint density at radius 1 is 1.38 bits per heavy atom. The van der Waals surface area contributed by atoms with E-state index in [2.05, 4.69) is 31.1 Å². The minimum atomic E-state index is 0.345. The second-order valence-corrected chi connectivity index (χ2v) is 4.97. The summed E-state index contributed by atoms with van der Waals surface area (Å²) in [5.41, 5.74) is 1.09. The second kappa shape index (κ2) is 6.87. The standard InChI is InChI=1S/C13H21ClN2/c1-4-7-15-13(8-10(2)3)12-6-5-11(14)9-16-12/h5-6,9-10,13,15H,4,7-8H2,1-3H3. The molecule has 2 nitrogen and oxygen atoms in total. The maximum absolute atomic E-state index is 5.84. The van der Waals surface area contributed by atoms with Gasteiger partial charge in [0, 0.05) is 12.2 Å². The van der Waals surface area contributed by atoms with E-state index in [1.165, 1.54) is 0 Å². The van der Waals surface area contributed by atoms with E-state index in [1.54, 1.807) is 6.20 Å². The summed E-state index contributed by atoms with van der Waals surface area (Å²) in [5, 5.41) is 4.23. The van der Waals surface area contributed by atoms with E-state index in [0.29, 0.717) is 17.0 Å². The third kappa shape index (κ3) is 4.50. The van der Waals surface area contributed by atoms with Crippen molar-refractivity contribution in [2.24, 2.45) is 5.92 Å². The Balaban J connectivity index is 2.70. The highest BCUT2D eigenvalue weighted by molar-refractivity contribution is 6.30. The molecule has 0 aromatic carbocycles. The van der Waals surface area contributed by atoms with Crippen LogP contribution < -0.4 is 5.32 Å². The highest BCUT2D eigenvalue weighted by atomic mass is 35.5. The Morgan fingerprint density at radius 3 is 2.62 bits per heavy atom. The Hall–Kier alpha value is -0.600. The molecule has 1 N–H and O–H groups in total. The van der Waals surface area contributed by atoms with Gasteiger partial charge in [0.2, 0.25) is 0 Å². The molecule has 0 aliphatic carbocycles. The summed E-state index contributed by atoms with van der Waals surface area (Å²) in [6.45, 7) is 7.67. The monoisotopic (exact) mass is 240 g/mol. The Bertz CT molecular complexity index is 295. The number of halogens is 1. The summed E-state index contributed by atoms with van der Waals surface area (Å²) in [5.74, 6) is 0.659. The van der Waals surface area contributed by atoms with Crippen LogP contribution in [-0.2, 0) is 0 Å². The minimum absolute atomic E-state index is 0.345. The van der Waals surface area contributed by atoms with E-state index in [9.17, 15) is 0 Å². The first-order valence-corrected chi connectivity index (χ1v) is 6.36. The summed E-state index contributed by atoms with van der Waals surface area (Å²) < 4.78 is 0. The van der Waals surface area contributed by atoms with E-state index in [1.807, 2.05) is 12.1 Å². The molecule has 0 aliphatic heterocycles. The van der Waals surface area contributed by atoms with Crippen LogP contribution in [0.1, 0.15) is 45.3 Å². The van der Waals surface area contributed by atoms with Crippen molar-refractivity contribution < 1.29 is 0 Å². The molecule has 1 unspecified atom stereocenters. The summed E-state index contributed by atoms with van der Waals surface area (Å²) in [7, 11) is 0. The van der Waals surface area contributed by atoms with Crippen molar-refractivity contribution in [3.05, 3.63) is 29.0 Å². The smallest absolute Gasteiger partial charge is 0.0589 e. The zero-order valence-electron chi connectivity index (χ0n) is 10.3. The molecule has 1 heterocycles. The second-order valence-electron chi connectivity index (χ2n) is 4.54. The molecule has 0 saturated carbocycles. The van der Waals surface area contributed by atoms with E-state index >= 15 is 0 Å². The molecular formula is C13H21ClN2. The zero-order valence-corrected chi connectivity index (χ0v) is 11.1. The van der Waals surface area contributed by atoms with Crippen LogP contribution in [0.5, 0.6) is 0 Å². The van der Waals surface area contributed by atoms with Gasteiger partial charge in [-0.1, -0.05) is 32.4 Å². The molecule has 3 heteroatoms. The summed E-state index contributed by atoms with van der Waals surface area (Å²) in [4.78, 5) is 4.39. The van der Waals surface area contributed by atoms with Gasteiger partial charge in [0.25, 0.3) is 0 Å². The highest BCUT2D eigenvalue weighted by Gasteiger charge is 2.13. The van der Waals surface area contributed by atoms with Gasteiger partial charge in [0.15, 0.2) is 0 Å². The van der Waals surface area contributed by atoms with Crippen molar-refractivity contribution in [3.8, 4) is 0 Å². The lowest BCUT2D eigenvalue weighted by molar-refractivity contribution is 0.423. The maximum Gasteiger partial charge on any atom is 0.0589 e. The molecule has 16 heavy (non-hydrogen) atoms. The van der Waals surface area contributed by atoms with Crippen LogP contribution in [0.3, 0.4) is 0 Å². The van der Waals surface area contributed by atoms with E-state index in [4.69, 9.17) is 11.6 Å². The van der Waals surface area contributed by atoms with Gasteiger partial charge in [-0.25, -0.2) is 0 Å². The lowest BCUT2D eigenvalue weighted by Gasteiger charge is -2.19. The van der Waals surface area contributed by atoms with Crippen LogP contribution in [0.4, 0.5) is 0 Å². The van der Waals surface area contributed by atoms with Gasteiger partial charge >= 0.3 is 0 Å². The van der Waals surface area contributed by atoms with Crippen LogP contribution in [0.25, 0.3) is 0 Å². The fraction of sp³-hybridized carbons (Fsp3) is 0.615. The van der Waals surface area contributed by atoms with E-state index < -0.39 is 0 Å². The molecule has 0 bridgehead atoms. The van der Waals surface area contributed by atoms with Crippen molar-refractivity contribution in [1.82, 2.24) is 10.3 Å². The number of rotatable bonds is 6. The third-order valence-electron chi connectivity index (χ3n) is 2.46. The SMILES string of the molecule is CCCNC(CC(C)C)c1ccc(Cl)cn1. The van der Waals surface area contributed by atoms with Gasteiger partial charge < -0.3 is 5.32 Å². The molecular weight excluding hydrogens is 220 g/mol. The predicted octanol–water partition coefficient (Wildman–Crippen LogP) is 3.82. The number of hydrogen-bond acceptors (Lipinski definition) is 2. The molecule has 0 spiro atoms. The van der Waals surface area contributed by atoms with Crippen molar-refractivity contribution in [2.75, 3.05) is 6.54 Å². The normalized spacial score (nSPS) is 13.1. The molecule has 1 aromatic heterocycles. The first-order valence-electron chi connectivity index (χ1n) is 5.98. The molecule has 90 valence electrons. The summed E-state index contributed by atoms with van der Waals surface area (Å²) in [6, 6.07) is 4.26. The lowest BCUT2D eigenvalue weighted by Crippen LogP contribution is -2.24. The van der Waals surface area contributed by atoms with E-state index in [0.717, 1.165) is 25.1 Å². The van der Waals surface area contributed by atoms with Crippen molar-refractivity contribution in [2.45, 2.75) is 39.7 Å². The quantitative estimate of drug-likeness (QED) is 0.818. The molecule has 0 fully saturated rings. The molecule has 1 aromatic rings. The maximum atomic E-state index is 5.84. The first kappa shape index (κ1) is 13.5. The summed E-state index contributed by atoms with van der Waals surface area (Å²) >= 11 is 5.84. The van der Waals surface area contributed by atoms with Gasteiger partial charge in [-0.15, -0.1) is 0 Å². The molecule has 0 radical (unpaired) electrons. The van der Waals surface area contributed by atoms with E-state index in [-0.39, 0.29) is 0 Å². The van der Waals surface area contributed by atoms with Gasteiger partial charge in [-0.05, 0) is 37.4 Å². The number of nitrogens with one attached hydrogen (secondary N) is 1. The van der Waals surface area contributed by atoms with Crippen LogP contribution in [0, 0.1) is 5.92 Å². The Kier molecular flexibility index (Phi) is 5.78. The van der Waals surface area contributed by atoms with Crippen LogP contribution in [0.2, 0.25) is 5.02 Å². The molecule has 0 saturated heterocycles. The van der Waals surface area contributed by atoms with Crippen LogP contribution in [-0.4, -0.2) is 11.5 Å². The fourth-order valence-electron chi connectivity index (χ4n) is 1.69. The molecule has 0 amide bonds. The number of pyridine rings is 1. The van der Waals surface area contributed by atoms with Gasteiger partial charge in [0.05, 0.1) is 10.7 Å². The van der Waals surface area contributed by atoms with Crippen molar-refractivity contribution in [3.63, 3.8) is 0 Å². The third-order valence-corrected chi connectivity index (χ3v) is 2.68. The zero-order chi connectivity index (χ0) is 12.0. The average Bonchev–Trinajstić information content (AvgIpc) is 2.25. The fourth-order valence-corrected chi connectivity index (χ4v) is 1.80. The lowest BCUT2D eigenvalue weighted by atomic mass is 10.0. The largest absolute Gasteiger partial charge is 0.309 e. The minimum Gasteiger partial charge on any atom is -0.309 e. The van der Waals surface area contributed by atoms with Gasteiger partial charge in [0.1, 0.15) is 0 Å².